The largest absolute Gasteiger partial charge is 0.389 e. The molecule has 0 aromatic carbocycles. The van der Waals surface area contributed by atoms with Crippen molar-refractivity contribution in [1.82, 2.24) is 0 Å². The van der Waals surface area contributed by atoms with Crippen LogP contribution in [0.1, 0.15) is 104 Å². The van der Waals surface area contributed by atoms with Gasteiger partial charge in [-0.05, 0) is 13.3 Å². The fraction of sp³-hybridized carbons (Fsp3) is 0.952. The van der Waals surface area contributed by atoms with Gasteiger partial charge in [0.1, 0.15) is 19.4 Å². The second-order valence-corrected chi connectivity index (χ2v) is 7.52. The summed E-state index contributed by atoms with van der Waals surface area (Å²) in [6.45, 7) is 7.45. The molecule has 0 aromatic heterocycles. The van der Waals surface area contributed by atoms with E-state index in [0.29, 0.717) is 6.42 Å². The van der Waals surface area contributed by atoms with E-state index < -0.39 is 18.4 Å². The number of hydrogen-bond acceptors (Lipinski definition) is 3. The highest BCUT2D eigenvalue weighted by Gasteiger charge is 2.28. The molecule has 0 saturated carbocycles. The van der Waals surface area contributed by atoms with Crippen molar-refractivity contribution < 1.29 is 19.9 Å². The fourth-order valence-corrected chi connectivity index (χ4v) is 3.27. The van der Waals surface area contributed by atoms with Gasteiger partial charge in [0.25, 0.3) is 6.23 Å². The van der Waals surface area contributed by atoms with Crippen molar-refractivity contribution in [1.29, 1.82) is 0 Å². The highest BCUT2D eigenvalue weighted by atomic mass is 16.3. The Morgan fingerprint density at radius 3 is 1.52 bits per heavy atom. The van der Waals surface area contributed by atoms with Crippen LogP contribution in [0.5, 0.6) is 0 Å². The van der Waals surface area contributed by atoms with Gasteiger partial charge in [-0.1, -0.05) is 84.0 Å². The summed E-state index contributed by atoms with van der Waals surface area (Å²) in [5.74, 6) is 0. The Labute approximate surface area is 156 Å². The minimum Gasteiger partial charge on any atom is -0.389 e. The maximum atomic E-state index is 10.1. The van der Waals surface area contributed by atoms with Crippen LogP contribution in [0.15, 0.2) is 0 Å². The van der Waals surface area contributed by atoms with Gasteiger partial charge in [0, 0.05) is 6.42 Å². The molecule has 0 fully saturated rings. The smallest absolute Gasteiger partial charge is 0.254 e. The molecule has 150 valence electrons. The van der Waals surface area contributed by atoms with Gasteiger partial charge in [0.05, 0.1) is 0 Å². The fourth-order valence-electron chi connectivity index (χ4n) is 3.27. The Hall–Kier alpha value is -0.450. The van der Waals surface area contributed by atoms with Crippen molar-refractivity contribution >= 4 is 6.72 Å². The molecule has 0 aromatic rings. The molecule has 0 bridgehead atoms. The van der Waals surface area contributed by atoms with Crippen LogP contribution in [-0.2, 0) is 0 Å². The Morgan fingerprint density at radius 2 is 1.16 bits per heavy atom. The zero-order valence-electron chi connectivity index (χ0n) is 16.8. The van der Waals surface area contributed by atoms with Gasteiger partial charge in [0.2, 0.25) is 6.04 Å². The van der Waals surface area contributed by atoms with Crippen LogP contribution in [-0.4, -0.2) is 51.6 Å². The molecule has 3 N–H and O–H groups in total. The first-order valence-corrected chi connectivity index (χ1v) is 10.6. The van der Waals surface area contributed by atoms with Crippen LogP contribution >= 0.6 is 0 Å². The summed E-state index contributed by atoms with van der Waals surface area (Å²) in [5.41, 5.74) is 0. The lowest BCUT2D eigenvalue weighted by atomic mass is 10.0. The van der Waals surface area contributed by atoms with Gasteiger partial charge in [0.15, 0.2) is 0 Å². The van der Waals surface area contributed by atoms with Crippen molar-refractivity contribution in [2.24, 2.45) is 0 Å². The van der Waals surface area contributed by atoms with E-state index in [9.17, 15) is 15.3 Å². The van der Waals surface area contributed by atoms with E-state index in [4.69, 9.17) is 0 Å². The Kier molecular flexibility index (Phi) is 16.7. The minimum absolute atomic E-state index is 0.198. The number of aliphatic hydroxyl groups is 3. The molecular weight excluding hydrogens is 314 g/mol. The summed E-state index contributed by atoms with van der Waals surface area (Å²) in [7, 11) is 0. The van der Waals surface area contributed by atoms with E-state index in [2.05, 4.69) is 13.6 Å². The molecule has 0 spiro atoms. The van der Waals surface area contributed by atoms with Crippen molar-refractivity contribution in [3.8, 4) is 0 Å². The molecule has 4 heteroatoms. The molecule has 3 unspecified atom stereocenters. The molecule has 25 heavy (non-hydrogen) atoms. The van der Waals surface area contributed by atoms with Gasteiger partial charge in [-0.3, -0.25) is 0 Å². The normalized spacial score (nSPS) is 15.1. The predicted octanol–water partition coefficient (Wildman–Crippen LogP) is 4.24. The van der Waals surface area contributed by atoms with E-state index in [1.807, 2.05) is 0 Å². The molecule has 0 aliphatic heterocycles. The van der Waals surface area contributed by atoms with Crippen molar-refractivity contribution in [3.05, 3.63) is 0 Å². The third-order valence-electron chi connectivity index (χ3n) is 5.12. The summed E-state index contributed by atoms with van der Waals surface area (Å²) in [6.07, 6.45) is 16.2. The van der Waals surface area contributed by atoms with E-state index in [1.165, 1.54) is 75.2 Å². The molecular formula is C21H44NO3+. The van der Waals surface area contributed by atoms with Gasteiger partial charge in [-0.15, -0.1) is 0 Å². The predicted molar refractivity (Wildman–Crippen MR) is 106 cm³/mol. The maximum absolute atomic E-state index is 10.1. The average molecular weight is 359 g/mol. The lowest BCUT2D eigenvalue weighted by molar-refractivity contribution is -0.643. The highest BCUT2D eigenvalue weighted by molar-refractivity contribution is 5.15. The summed E-state index contributed by atoms with van der Waals surface area (Å²) >= 11 is 0. The van der Waals surface area contributed by atoms with Crippen LogP contribution in [0.25, 0.3) is 0 Å². The van der Waals surface area contributed by atoms with Gasteiger partial charge >= 0.3 is 0 Å². The number of rotatable bonds is 18. The second kappa shape index (κ2) is 17.0. The molecule has 0 radical (unpaired) electrons. The number of aliphatic hydroxyl groups excluding tert-OH is 3. The quantitative estimate of drug-likeness (QED) is 0.149. The van der Waals surface area contributed by atoms with Crippen molar-refractivity contribution in [2.45, 2.75) is 122 Å². The summed E-state index contributed by atoms with van der Waals surface area (Å²) in [4.78, 5) is 0. The molecule has 3 atom stereocenters. The zero-order chi connectivity index (χ0) is 18.9. The van der Waals surface area contributed by atoms with E-state index in [1.54, 1.807) is 6.92 Å². The Morgan fingerprint density at radius 1 is 0.760 bits per heavy atom. The second-order valence-electron chi connectivity index (χ2n) is 7.52. The van der Waals surface area contributed by atoms with Crippen molar-refractivity contribution in [3.63, 3.8) is 0 Å². The van der Waals surface area contributed by atoms with E-state index in [0.717, 1.165) is 12.8 Å². The average Bonchev–Trinajstić information content (AvgIpc) is 2.59. The standard InChI is InChI=1S/C21H44NO3/c1-4-5-6-7-8-9-10-11-12-13-14-15-16-17-21(25)22(3)20(18-23)19(2)24/h19-21,23-25H,3-18H2,1-2H3/q+1. The summed E-state index contributed by atoms with van der Waals surface area (Å²) in [5, 5.41) is 28.9. The molecule has 0 amide bonds. The van der Waals surface area contributed by atoms with E-state index >= 15 is 0 Å². The SMILES string of the molecule is C=[N+](C(O)CCCCCCCCCCCCCCC)C(CO)C(C)O. The lowest BCUT2D eigenvalue weighted by Gasteiger charge is -2.19. The summed E-state index contributed by atoms with van der Waals surface area (Å²) in [6, 6.07) is -0.503. The first kappa shape index (κ1) is 24.6. The van der Waals surface area contributed by atoms with Gasteiger partial charge in [-0.25, -0.2) is 4.58 Å². The van der Waals surface area contributed by atoms with Crippen LogP contribution in [0.4, 0.5) is 0 Å². The van der Waals surface area contributed by atoms with Crippen LogP contribution in [0.3, 0.4) is 0 Å². The molecule has 0 aliphatic carbocycles. The molecule has 4 nitrogen and oxygen atoms in total. The van der Waals surface area contributed by atoms with Crippen LogP contribution in [0.2, 0.25) is 0 Å². The minimum atomic E-state index is -0.705. The third kappa shape index (κ3) is 13.4. The van der Waals surface area contributed by atoms with E-state index in [-0.39, 0.29) is 6.61 Å². The topological polar surface area (TPSA) is 63.7 Å². The van der Waals surface area contributed by atoms with Gasteiger partial charge < -0.3 is 15.3 Å². The summed E-state index contributed by atoms with van der Waals surface area (Å²) < 4.78 is 1.44. The molecule has 0 heterocycles. The lowest BCUT2D eigenvalue weighted by Crippen LogP contribution is -2.43. The number of hydrogen-bond donors (Lipinski definition) is 3. The van der Waals surface area contributed by atoms with Crippen LogP contribution in [0, 0.1) is 0 Å². The molecule has 0 aliphatic rings. The zero-order valence-corrected chi connectivity index (χ0v) is 16.8. The molecule has 0 rings (SSSR count). The van der Waals surface area contributed by atoms with Crippen molar-refractivity contribution in [2.75, 3.05) is 6.61 Å². The van der Waals surface area contributed by atoms with Crippen LogP contribution < -0.4 is 0 Å². The highest BCUT2D eigenvalue weighted by Crippen LogP contribution is 2.14. The monoisotopic (exact) mass is 358 g/mol. The number of nitrogens with zero attached hydrogens (tertiary/aromatic N) is 1. The first-order chi connectivity index (χ1) is 12.0. The maximum Gasteiger partial charge on any atom is 0.254 e. The Bertz CT molecular complexity index is 308. The number of unbranched alkanes of at least 4 members (excludes halogenated alkanes) is 12. The molecule has 0 saturated heterocycles. The first-order valence-electron chi connectivity index (χ1n) is 10.6. The Balaban J connectivity index is 3.44. The third-order valence-corrected chi connectivity index (χ3v) is 5.12. The van der Waals surface area contributed by atoms with Gasteiger partial charge in [-0.2, -0.15) is 0 Å².